The monoisotopic (exact) mass is 559 g/mol. The highest BCUT2D eigenvalue weighted by atomic mass is 127. The third-order valence-electron chi connectivity index (χ3n) is 6.10. The number of halogens is 1. The van der Waals surface area contributed by atoms with E-state index in [1.807, 2.05) is 7.05 Å². The van der Waals surface area contributed by atoms with Crippen LogP contribution >= 0.6 is 24.0 Å². The van der Waals surface area contributed by atoms with Crippen molar-refractivity contribution in [1.82, 2.24) is 20.4 Å². The van der Waals surface area contributed by atoms with Crippen molar-refractivity contribution in [2.75, 3.05) is 66.6 Å². The number of rotatable bonds is 9. The van der Waals surface area contributed by atoms with E-state index in [9.17, 15) is 0 Å². The molecular weight excluding hydrogens is 517 g/mol. The molecule has 0 saturated carbocycles. The second-order valence-electron chi connectivity index (χ2n) is 8.76. The molecule has 2 aliphatic heterocycles. The van der Waals surface area contributed by atoms with Gasteiger partial charge in [-0.15, -0.1) is 24.0 Å². The molecular formula is C24H42IN5O2. The summed E-state index contributed by atoms with van der Waals surface area (Å²) in [7, 11) is 4.04. The van der Waals surface area contributed by atoms with Crippen molar-refractivity contribution in [3.63, 3.8) is 0 Å². The predicted octanol–water partition coefficient (Wildman–Crippen LogP) is 2.86. The Bertz CT molecular complexity index is 697. The summed E-state index contributed by atoms with van der Waals surface area (Å²) in [5.41, 5.74) is 2.34. The van der Waals surface area contributed by atoms with E-state index >= 15 is 0 Å². The molecule has 2 aliphatic rings. The Morgan fingerprint density at radius 1 is 1.19 bits per heavy atom. The molecule has 0 aromatic heterocycles. The first-order valence-corrected chi connectivity index (χ1v) is 11.8. The molecule has 2 N–H and O–H groups in total. The molecule has 1 unspecified atom stereocenters. The van der Waals surface area contributed by atoms with Gasteiger partial charge in [0.05, 0.1) is 6.10 Å². The van der Waals surface area contributed by atoms with E-state index in [1.54, 1.807) is 0 Å². The number of ether oxygens (including phenoxy) is 2. The molecule has 0 bridgehead atoms. The molecule has 0 radical (unpaired) electrons. The number of benzene rings is 1. The molecule has 1 aromatic rings. The summed E-state index contributed by atoms with van der Waals surface area (Å²) in [6, 6.07) is 6.38. The number of nitrogens with zero attached hydrogens (tertiary/aromatic N) is 3. The highest BCUT2D eigenvalue weighted by Gasteiger charge is 2.17. The SMILES string of the molecule is CN=C(NCCCN1CCCN(C)CC1)NCc1ccc(C)cc1OCC1CCCO1.I. The topological polar surface area (TPSA) is 61.4 Å². The Hall–Kier alpha value is -1.10. The van der Waals surface area contributed by atoms with Gasteiger partial charge in [-0.2, -0.15) is 0 Å². The van der Waals surface area contributed by atoms with Gasteiger partial charge in [-0.3, -0.25) is 4.99 Å². The van der Waals surface area contributed by atoms with Crippen LogP contribution in [0.1, 0.15) is 36.8 Å². The van der Waals surface area contributed by atoms with E-state index in [2.05, 4.69) is 57.6 Å². The molecule has 1 atom stereocenters. The van der Waals surface area contributed by atoms with E-state index in [-0.39, 0.29) is 30.1 Å². The zero-order valence-corrected chi connectivity index (χ0v) is 22.4. The third kappa shape index (κ3) is 9.41. The maximum absolute atomic E-state index is 6.12. The average molecular weight is 560 g/mol. The van der Waals surface area contributed by atoms with Crippen molar-refractivity contribution in [3.8, 4) is 5.75 Å². The fraction of sp³-hybridized carbons (Fsp3) is 0.708. The maximum atomic E-state index is 6.12. The molecule has 3 rings (SSSR count). The van der Waals surface area contributed by atoms with Crippen LogP contribution in [-0.4, -0.2) is 88.4 Å². The first-order chi connectivity index (χ1) is 15.1. The van der Waals surface area contributed by atoms with Gasteiger partial charge in [-0.05, 0) is 70.9 Å². The molecule has 0 spiro atoms. The number of nitrogens with one attached hydrogen (secondary N) is 2. The van der Waals surface area contributed by atoms with Crippen molar-refractivity contribution < 1.29 is 9.47 Å². The number of guanidine groups is 1. The first-order valence-electron chi connectivity index (χ1n) is 11.8. The summed E-state index contributed by atoms with van der Waals surface area (Å²) >= 11 is 0. The zero-order valence-electron chi connectivity index (χ0n) is 20.1. The second-order valence-corrected chi connectivity index (χ2v) is 8.76. The number of aliphatic imine (C=N–C) groups is 1. The average Bonchev–Trinajstić information content (AvgIpc) is 3.21. The molecule has 7 nitrogen and oxygen atoms in total. The van der Waals surface area contributed by atoms with Crippen LogP contribution in [0.25, 0.3) is 0 Å². The minimum atomic E-state index is 0. The van der Waals surface area contributed by atoms with Gasteiger partial charge in [0.25, 0.3) is 0 Å². The van der Waals surface area contributed by atoms with Gasteiger partial charge in [0, 0.05) is 45.4 Å². The molecule has 2 saturated heterocycles. The van der Waals surface area contributed by atoms with Crippen LogP contribution in [0.3, 0.4) is 0 Å². The second kappa shape index (κ2) is 14.9. The standard InChI is InChI=1S/C24H41N5O2.HI/c1-20-8-9-21(23(17-20)31-19-22-7-4-16-30-22)18-27-24(25-2)26-10-5-12-29-13-6-11-28(3)14-15-29;/h8-9,17,22H,4-7,10-16,18-19H2,1-3H3,(H2,25,26,27);1H. The van der Waals surface area contributed by atoms with Crippen LogP contribution in [0.4, 0.5) is 0 Å². The first kappa shape index (κ1) is 27.1. The lowest BCUT2D eigenvalue weighted by Gasteiger charge is -2.20. The van der Waals surface area contributed by atoms with E-state index in [0.717, 1.165) is 56.2 Å². The Morgan fingerprint density at radius 3 is 2.84 bits per heavy atom. The lowest BCUT2D eigenvalue weighted by molar-refractivity contribution is 0.0676. The van der Waals surface area contributed by atoms with Gasteiger partial charge in [0.2, 0.25) is 0 Å². The van der Waals surface area contributed by atoms with E-state index in [0.29, 0.717) is 13.2 Å². The van der Waals surface area contributed by atoms with Crippen molar-refractivity contribution in [3.05, 3.63) is 29.3 Å². The van der Waals surface area contributed by atoms with Crippen LogP contribution in [0.2, 0.25) is 0 Å². The normalized spacial score (nSPS) is 20.5. The minimum absolute atomic E-state index is 0. The molecule has 1 aromatic carbocycles. The molecule has 182 valence electrons. The van der Waals surface area contributed by atoms with Crippen LogP contribution in [0.5, 0.6) is 5.75 Å². The van der Waals surface area contributed by atoms with Gasteiger partial charge in [-0.1, -0.05) is 12.1 Å². The van der Waals surface area contributed by atoms with Crippen molar-refractivity contribution in [1.29, 1.82) is 0 Å². The van der Waals surface area contributed by atoms with Gasteiger partial charge in [-0.25, -0.2) is 0 Å². The van der Waals surface area contributed by atoms with Crippen molar-refractivity contribution in [2.24, 2.45) is 4.99 Å². The molecule has 32 heavy (non-hydrogen) atoms. The molecule has 0 amide bonds. The fourth-order valence-electron chi connectivity index (χ4n) is 4.13. The summed E-state index contributed by atoms with van der Waals surface area (Å²) in [4.78, 5) is 9.38. The Balaban J connectivity index is 0.00000363. The van der Waals surface area contributed by atoms with E-state index in [4.69, 9.17) is 9.47 Å². The van der Waals surface area contributed by atoms with Crippen molar-refractivity contribution >= 4 is 29.9 Å². The Labute approximate surface area is 211 Å². The van der Waals surface area contributed by atoms with Crippen LogP contribution < -0.4 is 15.4 Å². The van der Waals surface area contributed by atoms with Crippen LogP contribution in [-0.2, 0) is 11.3 Å². The largest absolute Gasteiger partial charge is 0.491 e. The number of hydrogen-bond donors (Lipinski definition) is 2. The zero-order chi connectivity index (χ0) is 21.9. The summed E-state index contributed by atoms with van der Waals surface area (Å²) in [6.07, 6.45) is 4.82. The summed E-state index contributed by atoms with van der Waals surface area (Å²) in [5.74, 6) is 1.77. The maximum Gasteiger partial charge on any atom is 0.191 e. The lowest BCUT2D eigenvalue weighted by atomic mass is 10.1. The fourth-order valence-corrected chi connectivity index (χ4v) is 4.13. The quantitative estimate of drug-likeness (QED) is 0.210. The number of hydrogen-bond acceptors (Lipinski definition) is 5. The number of likely N-dealkylation sites (N-methyl/N-ethyl adjacent to an activating group) is 1. The van der Waals surface area contributed by atoms with E-state index < -0.39 is 0 Å². The van der Waals surface area contributed by atoms with Crippen molar-refractivity contribution in [2.45, 2.75) is 45.3 Å². The number of aryl methyl sites for hydroxylation is 1. The smallest absolute Gasteiger partial charge is 0.191 e. The van der Waals surface area contributed by atoms with Crippen LogP contribution in [0, 0.1) is 6.92 Å². The van der Waals surface area contributed by atoms with Gasteiger partial charge >= 0.3 is 0 Å². The van der Waals surface area contributed by atoms with Gasteiger partial charge < -0.3 is 29.9 Å². The minimum Gasteiger partial charge on any atom is -0.491 e. The van der Waals surface area contributed by atoms with Gasteiger partial charge in [0.15, 0.2) is 5.96 Å². The Kier molecular flexibility index (Phi) is 12.7. The third-order valence-corrected chi connectivity index (χ3v) is 6.10. The molecule has 0 aliphatic carbocycles. The molecule has 8 heteroatoms. The highest BCUT2D eigenvalue weighted by molar-refractivity contribution is 14.0. The van der Waals surface area contributed by atoms with E-state index in [1.165, 1.54) is 38.2 Å². The predicted molar refractivity (Wildman–Crippen MR) is 142 cm³/mol. The molecule has 2 heterocycles. The van der Waals surface area contributed by atoms with Crippen LogP contribution in [0.15, 0.2) is 23.2 Å². The summed E-state index contributed by atoms with van der Waals surface area (Å²) in [6.45, 7) is 11.1. The van der Waals surface area contributed by atoms with Gasteiger partial charge in [0.1, 0.15) is 12.4 Å². The highest BCUT2D eigenvalue weighted by Crippen LogP contribution is 2.22. The molecule has 2 fully saturated rings. The summed E-state index contributed by atoms with van der Waals surface area (Å²) < 4.78 is 11.8. The lowest BCUT2D eigenvalue weighted by Crippen LogP contribution is -2.38. The Morgan fingerprint density at radius 2 is 2.06 bits per heavy atom. The summed E-state index contributed by atoms with van der Waals surface area (Å²) in [5, 5.41) is 6.89.